The molecule has 2 nitrogen and oxygen atoms in total. The summed E-state index contributed by atoms with van der Waals surface area (Å²) in [6.07, 6.45) is 3.59. The van der Waals surface area contributed by atoms with Gasteiger partial charge in [0.1, 0.15) is 0 Å². The Labute approximate surface area is 131 Å². The first-order valence-corrected chi connectivity index (χ1v) is 5.87. The molecule has 3 heteroatoms. The van der Waals surface area contributed by atoms with Crippen molar-refractivity contribution in [2.75, 3.05) is 0 Å². The molecule has 94 valence electrons. The van der Waals surface area contributed by atoms with Crippen molar-refractivity contribution in [3.05, 3.63) is 73.1 Å². The molecule has 19 heavy (non-hydrogen) atoms. The average molecular weight is 444 g/mol. The fourth-order valence-corrected chi connectivity index (χ4v) is 1.96. The minimum absolute atomic E-state index is 0. The number of pyridine rings is 2. The molecule has 0 saturated heterocycles. The Bertz CT molecular complexity index is 581. The van der Waals surface area contributed by atoms with E-state index in [0.29, 0.717) is 0 Å². The molecule has 2 aromatic heterocycles. The molecule has 0 unspecified atom stereocenters. The van der Waals surface area contributed by atoms with Crippen LogP contribution in [0.15, 0.2) is 73.1 Å². The fourth-order valence-electron chi connectivity index (χ4n) is 1.96. The van der Waals surface area contributed by atoms with Crippen LogP contribution in [0.1, 0.15) is 0 Å². The minimum Gasteiger partial charge on any atom is -0.255 e. The van der Waals surface area contributed by atoms with Gasteiger partial charge in [0.05, 0.1) is 11.4 Å². The zero-order valence-electron chi connectivity index (χ0n) is 10.5. The summed E-state index contributed by atoms with van der Waals surface area (Å²) >= 11 is 0. The smallest absolute Gasteiger partial charge is 0.0964 e. The summed E-state index contributed by atoms with van der Waals surface area (Å²) in [7, 11) is 0. The largest absolute Gasteiger partial charge is 0.255 e. The number of hydrogen-bond acceptors (Lipinski definition) is 2. The van der Waals surface area contributed by atoms with E-state index in [1.54, 1.807) is 12.4 Å². The van der Waals surface area contributed by atoms with E-state index >= 15 is 0 Å². The molecule has 0 aliphatic carbocycles. The summed E-state index contributed by atoms with van der Waals surface area (Å²) in [5.74, 6) is 0. The maximum absolute atomic E-state index is 4.46. The van der Waals surface area contributed by atoms with Gasteiger partial charge in [-0.1, -0.05) is 42.5 Å². The van der Waals surface area contributed by atoms with Gasteiger partial charge in [0, 0.05) is 18.0 Å². The quantitative estimate of drug-likeness (QED) is 0.569. The SMILES string of the molecule is [BiH3].c1ccc(-c2cccnc2-c2ccccn2)cc1. The molecule has 0 atom stereocenters. The molecule has 0 amide bonds. The molecule has 0 fully saturated rings. The van der Waals surface area contributed by atoms with E-state index in [1.807, 2.05) is 42.5 Å². The average Bonchev–Trinajstić information content (AvgIpc) is 2.49. The number of aromatic nitrogens is 2. The van der Waals surface area contributed by atoms with Crippen molar-refractivity contribution >= 4 is 26.2 Å². The van der Waals surface area contributed by atoms with Crippen LogP contribution < -0.4 is 0 Å². The molecule has 0 saturated carbocycles. The van der Waals surface area contributed by atoms with E-state index in [9.17, 15) is 0 Å². The Morgan fingerprint density at radius 2 is 1.37 bits per heavy atom. The Kier molecular flexibility index (Phi) is 4.76. The van der Waals surface area contributed by atoms with Crippen LogP contribution in [-0.2, 0) is 0 Å². The van der Waals surface area contributed by atoms with Gasteiger partial charge in [0.2, 0.25) is 0 Å². The van der Waals surface area contributed by atoms with Crippen molar-refractivity contribution in [2.45, 2.75) is 0 Å². The molecule has 2 heterocycles. The van der Waals surface area contributed by atoms with E-state index in [4.69, 9.17) is 0 Å². The molecule has 0 spiro atoms. The number of rotatable bonds is 2. The molecule has 0 aliphatic heterocycles. The number of benzene rings is 1. The van der Waals surface area contributed by atoms with E-state index in [0.717, 1.165) is 22.5 Å². The van der Waals surface area contributed by atoms with Crippen LogP contribution in [0.4, 0.5) is 0 Å². The van der Waals surface area contributed by atoms with Gasteiger partial charge in [-0.15, -0.1) is 0 Å². The van der Waals surface area contributed by atoms with Gasteiger partial charge >= 0.3 is 26.2 Å². The Morgan fingerprint density at radius 3 is 2.11 bits per heavy atom. The van der Waals surface area contributed by atoms with Crippen LogP contribution in [0.5, 0.6) is 0 Å². The number of hydrogen-bond donors (Lipinski definition) is 0. The first-order chi connectivity index (χ1) is 8.95. The van der Waals surface area contributed by atoms with Crippen LogP contribution in [0.2, 0.25) is 0 Å². The van der Waals surface area contributed by atoms with Gasteiger partial charge in [-0.2, -0.15) is 0 Å². The summed E-state index contributed by atoms with van der Waals surface area (Å²) in [4.78, 5) is 8.84. The molecule has 1 aromatic carbocycles. The van der Waals surface area contributed by atoms with Crippen LogP contribution >= 0.6 is 0 Å². The van der Waals surface area contributed by atoms with Gasteiger partial charge < -0.3 is 0 Å². The van der Waals surface area contributed by atoms with E-state index < -0.39 is 0 Å². The zero-order valence-corrected chi connectivity index (χ0v) is 16.0. The van der Waals surface area contributed by atoms with Gasteiger partial charge in [-0.3, -0.25) is 9.97 Å². The maximum atomic E-state index is 4.46. The molecular weight excluding hydrogens is 429 g/mol. The van der Waals surface area contributed by atoms with Gasteiger partial charge in [0.25, 0.3) is 0 Å². The second-order valence-electron chi connectivity index (χ2n) is 3.98. The van der Waals surface area contributed by atoms with Crippen LogP contribution in [0.3, 0.4) is 0 Å². The molecule has 0 aliphatic rings. The third-order valence-electron chi connectivity index (χ3n) is 2.80. The van der Waals surface area contributed by atoms with E-state index in [-0.39, 0.29) is 26.2 Å². The third-order valence-corrected chi connectivity index (χ3v) is 2.80. The molecule has 0 bridgehead atoms. The predicted molar refractivity (Wildman–Crippen MR) is 82.8 cm³/mol. The van der Waals surface area contributed by atoms with Crippen molar-refractivity contribution in [1.29, 1.82) is 0 Å². The molecule has 0 N–H and O–H groups in total. The summed E-state index contributed by atoms with van der Waals surface area (Å²) in [5, 5.41) is 0. The van der Waals surface area contributed by atoms with Crippen molar-refractivity contribution < 1.29 is 0 Å². The summed E-state index contributed by atoms with van der Waals surface area (Å²) in [6.45, 7) is 0. The third kappa shape index (κ3) is 3.05. The molecule has 3 rings (SSSR count). The molecular formula is C16H15BiN2. The first-order valence-electron chi connectivity index (χ1n) is 5.87. The summed E-state index contributed by atoms with van der Waals surface area (Å²) in [6, 6.07) is 20.2. The van der Waals surface area contributed by atoms with Crippen LogP contribution in [0, 0.1) is 0 Å². The van der Waals surface area contributed by atoms with Gasteiger partial charge in [0.15, 0.2) is 0 Å². The van der Waals surface area contributed by atoms with Crippen LogP contribution in [0.25, 0.3) is 22.5 Å². The van der Waals surface area contributed by atoms with Gasteiger partial charge in [-0.05, 0) is 23.8 Å². The first kappa shape index (κ1) is 13.8. The Balaban J connectivity index is 0.00000133. The Morgan fingerprint density at radius 1 is 0.632 bits per heavy atom. The summed E-state index contributed by atoms with van der Waals surface area (Å²) in [5.41, 5.74) is 4.09. The minimum atomic E-state index is 0. The Hall–Kier alpha value is -1.60. The zero-order chi connectivity index (χ0) is 12.2. The van der Waals surface area contributed by atoms with Crippen molar-refractivity contribution in [3.8, 4) is 22.5 Å². The van der Waals surface area contributed by atoms with E-state index in [1.165, 1.54) is 0 Å². The number of nitrogens with zero attached hydrogens (tertiary/aromatic N) is 2. The normalized spacial score (nSPS) is 9.68. The van der Waals surface area contributed by atoms with Crippen molar-refractivity contribution in [1.82, 2.24) is 9.97 Å². The van der Waals surface area contributed by atoms with Gasteiger partial charge in [-0.25, -0.2) is 0 Å². The van der Waals surface area contributed by atoms with Crippen LogP contribution in [-0.4, -0.2) is 36.2 Å². The monoisotopic (exact) mass is 444 g/mol. The molecule has 3 aromatic rings. The van der Waals surface area contributed by atoms with Crippen molar-refractivity contribution in [2.24, 2.45) is 0 Å². The van der Waals surface area contributed by atoms with E-state index in [2.05, 4.69) is 28.2 Å². The fraction of sp³-hybridized carbons (Fsp3) is 0. The molecule has 0 radical (unpaired) electrons. The topological polar surface area (TPSA) is 25.8 Å². The predicted octanol–water partition coefficient (Wildman–Crippen LogP) is 2.63. The second-order valence-corrected chi connectivity index (χ2v) is 3.98. The second kappa shape index (κ2) is 6.54. The summed E-state index contributed by atoms with van der Waals surface area (Å²) < 4.78 is 0. The standard InChI is InChI=1S/C16H12N2.Bi.3H/c1-2-7-13(8-3-1)14-9-6-12-18-16(14)15-10-4-5-11-17-15;;;;/h1-12H;;;;. The maximum Gasteiger partial charge on any atom is 0.0964 e. The van der Waals surface area contributed by atoms with Crippen molar-refractivity contribution in [3.63, 3.8) is 0 Å².